The van der Waals surface area contributed by atoms with E-state index in [0.29, 0.717) is 0 Å². The third kappa shape index (κ3) is 6.09. The molecule has 0 aliphatic carbocycles. The van der Waals surface area contributed by atoms with Gasteiger partial charge in [-0.2, -0.15) is 0 Å². The molecule has 0 radical (unpaired) electrons. The lowest BCUT2D eigenvalue weighted by Crippen LogP contribution is -2.49. The van der Waals surface area contributed by atoms with E-state index in [1.54, 1.807) is 20.8 Å². The summed E-state index contributed by atoms with van der Waals surface area (Å²) in [6, 6.07) is 2.44. The van der Waals surface area contributed by atoms with E-state index in [0.717, 1.165) is 18.2 Å². The molecule has 22 heavy (non-hydrogen) atoms. The van der Waals surface area contributed by atoms with E-state index >= 15 is 0 Å². The number of benzene rings is 1. The van der Waals surface area contributed by atoms with Crippen LogP contribution in [0, 0.1) is 5.82 Å². The molecule has 8 heteroatoms. The molecular weight excluding hydrogens is 315 g/mol. The molecule has 0 aliphatic rings. The Morgan fingerprint density at radius 1 is 1.27 bits per heavy atom. The molecule has 6 nitrogen and oxygen atoms in total. The van der Waals surface area contributed by atoms with Crippen molar-refractivity contribution < 1.29 is 23.5 Å². The first-order valence-corrected chi connectivity index (χ1v) is 6.70. The summed E-state index contributed by atoms with van der Waals surface area (Å²) in [5.74, 6) is -2.29. The SMILES string of the molecule is CC(C)(C)NC(=O)NC(=O)COC(=O)c1ccc(F)cc1Cl. The van der Waals surface area contributed by atoms with Crippen LogP contribution in [0.4, 0.5) is 9.18 Å². The first-order valence-electron chi connectivity index (χ1n) is 6.32. The zero-order valence-electron chi connectivity index (χ0n) is 12.3. The summed E-state index contributed by atoms with van der Waals surface area (Å²) >= 11 is 5.69. The molecule has 0 spiro atoms. The number of urea groups is 1. The lowest BCUT2D eigenvalue weighted by atomic mass is 10.1. The molecule has 2 N–H and O–H groups in total. The van der Waals surface area contributed by atoms with Crippen molar-refractivity contribution in [2.45, 2.75) is 26.3 Å². The summed E-state index contributed by atoms with van der Waals surface area (Å²) in [4.78, 5) is 34.6. The Bertz CT molecular complexity index is 599. The van der Waals surface area contributed by atoms with E-state index in [1.165, 1.54) is 0 Å². The van der Waals surface area contributed by atoms with Crippen LogP contribution in [0.25, 0.3) is 0 Å². The van der Waals surface area contributed by atoms with Gasteiger partial charge in [0.15, 0.2) is 6.61 Å². The smallest absolute Gasteiger partial charge is 0.340 e. The second-order valence-corrected chi connectivity index (χ2v) is 5.86. The molecule has 0 fully saturated rings. The van der Waals surface area contributed by atoms with Crippen molar-refractivity contribution in [1.82, 2.24) is 10.6 Å². The number of hydrogen-bond donors (Lipinski definition) is 2. The van der Waals surface area contributed by atoms with Crippen LogP contribution in [0.5, 0.6) is 0 Å². The fourth-order valence-corrected chi connectivity index (χ4v) is 1.64. The van der Waals surface area contributed by atoms with Gasteiger partial charge in [0.2, 0.25) is 0 Å². The molecule has 0 saturated heterocycles. The van der Waals surface area contributed by atoms with Gasteiger partial charge in [0, 0.05) is 5.54 Å². The number of halogens is 2. The topological polar surface area (TPSA) is 84.5 Å². The van der Waals surface area contributed by atoms with Crippen LogP contribution in [-0.4, -0.2) is 30.1 Å². The van der Waals surface area contributed by atoms with E-state index < -0.39 is 35.9 Å². The highest BCUT2D eigenvalue weighted by Crippen LogP contribution is 2.17. The molecule has 1 rings (SSSR count). The van der Waals surface area contributed by atoms with Gasteiger partial charge in [-0.05, 0) is 39.0 Å². The van der Waals surface area contributed by atoms with E-state index in [-0.39, 0.29) is 10.6 Å². The second kappa shape index (κ2) is 7.22. The number of carbonyl (C=O) groups excluding carboxylic acids is 3. The molecule has 1 aromatic rings. The monoisotopic (exact) mass is 330 g/mol. The maximum Gasteiger partial charge on any atom is 0.340 e. The van der Waals surface area contributed by atoms with Gasteiger partial charge in [-0.15, -0.1) is 0 Å². The summed E-state index contributed by atoms with van der Waals surface area (Å²) in [6.07, 6.45) is 0. The van der Waals surface area contributed by atoms with Crippen LogP contribution in [0.15, 0.2) is 18.2 Å². The molecule has 3 amide bonds. The molecule has 0 aromatic heterocycles. The standard InChI is InChI=1S/C14H16ClFN2O4/c1-14(2,3)18-13(21)17-11(19)7-22-12(20)9-5-4-8(16)6-10(9)15/h4-6H,7H2,1-3H3,(H2,17,18,19,21). The average molecular weight is 331 g/mol. The molecular formula is C14H16ClFN2O4. The normalized spacial score (nSPS) is 10.8. The highest BCUT2D eigenvalue weighted by molar-refractivity contribution is 6.33. The van der Waals surface area contributed by atoms with E-state index in [1.807, 2.05) is 5.32 Å². The first kappa shape index (κ1) is 17.9. The van der Waals surface area contributed by atoms with Gasteiger partial charge in [-0.3, -0.25) is 10.1 Å². The highest BCUT2D eigenvalue weighted by Gasteiger charge is 2.18. The molecule has 120 valence electrons. The Labute approximate surface area is 132 Å². The summed E-state index contributed by atoms with van der Waals surface area (Å²) in [7, 11) is 0. The third-order valence-electron chi connectivity index (χ3n) is 2.23. The minimum Gasteiger partial charge on any atom is -0.452 e. The highest BCUT2D eigenvalue weighted by atomic mass is 35.5. The van der Waals surface area contributed by atoms with Crippen LogP contribution >= 0.6 is 11.6 Å². The largest absolute Gasteiger partial charge is 0.452 e. The van der Waals surface area contributed by atoms with Crippen LogP contribution < -0.4 is 10.6 Å². The summed E-state index contributed by atoms with van der Waals surface area (Å²) in [6.45, 7) is 4.57. The van der Waals surface area contributed by atoms with Gasteiger partial charge in [0.25, 0.3) is 5.91 Å². The second-order valence-electron chi connectivity index (χ2n) is 5.45. The number of ether oxygens (including phenoxy) is 1. The zero-order valence-corrected chi connectivity index (χ0v) is 13.1. The third-order valence-corrected chi connectivity index (χ3v) is 2.54. The predicted molar refractivity (Wildman–Crippen MR) is 78.1 cm³/mol. The first-order chi connectivity index (χ1) is 10.1. The van der Waals surface area contributed by atoms with Crippen molar-refractivity contribution in [3.05, 3.63) is 34.6 Å². The van der Waals surface area contributed by atoms with Crippen molar-refractivity contribution in [2.24, 2.45) is 0 Å². The number of carbonyl (C=O) groups is 3. The zero-order chi connectivity index (χ0) is 16.9. The number of nitrogens with one attached hydrogen (secondary N) is 2. The van der Waals surface area contributed by atoms with Gasteiger partial charge in [0.05, 0.1) is 10.6 Å². The van der Waals surface area contributed by atoms with Crippen molar-refractivity contribution in [1.29, 1.82) is 0 Å². The van der Waals surface area contributed by atoms with Crippen molar-refractivity contribution >= 4 is 29.5 Å². The Kier molecular flexibility index (Phi) is 5.87. The van der Waals surface area contributed by atoms with Crippen LogP contribution in [0.2, 0.25) is 5.02 Å². The maximum absolute atomic E-state index is 12.9. The van der Waals surface area contributed by atoms with E-state index in [9.17, 15) is 18.8 Å². The minimum absolute atomic E-state index is 0.0741. The van der Waals surface area contributed by atoms with Crippen LogP contribution in [-0.2, 0) is 9.53 Å². The van der Waals surface area contributed by atoms with Crippen LogP contribution in [0.1, 0.15) is 31.1 Å². The average Bonchev–Trinajstić information content (AvgIpc) is 2.33. The molecule has 0 heterocycles. The van der Waals surface area contributed by atoms with Gasteiger partial charge in [-0.1, -0.05) is 11.6 Å². The molecule has 1 aromatic carbocycles. The molecule has 0 bridgehead atoms. The quantitative estimate of drug-likeness (QED) is 0.833. The number of esters is 1. The van der Waals surface area contributed by atoms with E-state index in [4.69, 9.17) is 16.3 Å². The van der Waals surface area contributed by atoms with Crippen molar-refractivity contribution in [3.8, 4) is 0 Å². The lowest BCUT2D eigenvalue weighted by Gasteiger charge is -2.20. The maximum atomic E-state index is 12.9. The number of imide groups is 1. The Hall–Kier alpha value is -2.15. The van der Waals surface area contributed by atoms with Crippen LogP contribution in [0.3, 0.4) is 0 Å². The molecule has 0 saturated carbocycles. The summed E-state index contributed by atoms with van der Waals surface area (Å²) in [5.41, 5.74) is -0.585. The van der Waals surface area contributed by atoms with Crippen molar-refractivity contribution in [3.63, 3.8) is 0 Å². The molecule has 0 aliphatic heterocycles. The fraction of sp³-hybridized carbons (Fsp3) is 0.357. The van der Waals surface area contributed by atoms with Crippen molar-refractivity contribution in [2.75, 3.05) is 6.61 Å². The van der Waals surface area contributed by atoms with Gasteiger partial charge < -0.3 is 10.1 Å². The Morgan fingerprint density at radius 2 is 1.91 bits per heavy atom. The summed E-state index contributed by atoms with van der Waals surface area (Å²) < 4.78 is 17.6. The summed E-state index contributed by atoms with van der Waals surface area (Å²) in [5, 5.41) is 4.39. The van der Waals surface area contributed by atoms with Gasteiger partial charge >= 0.3 is 12.0 Å². The predicted octanol–water partition coefficient (Wildman–Crippen LogP) is 2.26. The Balaban J connectivity index is 2.50. The lowest BCUT2D eigenvalue weighted by molar-refractivity contribution is -0.123. The van der Waals surface area contributed by atoms with Gasteiger partial charge in [-0.25, -0.2) is 14.0 Å². The van der Waals surface area contributed by atoms with Gasteiger partial charge in [0.1, 0.15) is 5.82 Å². The minimum atomic E-state index is -0.892. The van der Waals surface area contributed by atoms with E-state index in [2.05, 4.69) is 5.32 Å². The number of amides is 3. The molecule has 0 unspecified atom stereocenters. The Morgan fingerprint density at radius 3 is 2.45 bits per heavy atom. The number of rotatable bonds is 3. The fourth-order valence-electron chi connectivity index (χ4n) is 1.40. The molecule has 0 atom stereocenters. The number of hydrogen-bond acceptors (Lipinski definition) is 4.